The summed E-state index contributed by atoms with van der Waals surface area (Å²) in [4.78, 5) is 29.3. The van der Waals surface area contributed by atoms with Crippen molar-refractivity contribution < 1.29 is 9.59 Å². The monoisotopic (exact) mass is 368 g/mol. The van der Waals surface area contributed by atoms with Crippen LogP contribution in [0, 0.1) is 13.8 Å². The molecule has 0 atom stereocenters. The molecule has 2 aromatic heterocycles. The molecule has 0 spiro atoms. The molecule has 1 aliphatic heterocycles. The Morgan fingerprint density at radius 3 is 2.33 bits per heavy atom. The largest absolute Gasteiger partial charge is 0.357 e. The topological polar surface area (TPSA) is 50.5 Å². The molecule has 3 heterocycles. The van der Waals surface area contributed by atoms with Crippen molar-refractivity contribution in [3.63, 3.8) is 0 Å². The number of carbonyl (C=O) groups is 2. The molecule has 0 radical (unpaired) electrons. The summed E-state index contributed by atoms with van der Waals surface area (Å²) in [5, 5.41) is 0. The standard InChI is InChI=1S/C21H28N4O2/c1-15-12-19(16(2)25(15)18-4-5-18)21(27)24-10-8-23(9-11-24)20(26)13-17-6-7-22(3)14-17/h6-7,12,14,18H,4-5,8-11,13H2,1-3H3. The van der Waals surface area contributed by atoms with E-state index >= 15 is 0 Å². The van der Waals surface area contributed by atoms with Gasteiger partial charge in [-0.25, -0.2) is 0 Å². The van der Waals surface area contributed by atoms with Gasteiger partial charge in [0.25, 0.3) is 5.91 Å². The van der Waals surface area contributed by atoms with Crippen LogP contribution in [-0.4, -0.2) is 56.9 Å². The smallest absolute Gasteiger partial charge is 0.255 e. The summed E-state index contributed by atoms with van der Waals surface area (Å²) < 4.78 is 4.27. The summed E-state index contributed by atoms with van der Waals surface area (Å²) in [5.74, 6) is 0.241. The van der Waals surface area contributed by atoms with Gasteiger partial charge in [0.2, 0.25) is 5.91 Å². The average Bonchev–Trinajstić information content (AvgIpc) is 3.33. The van der Waals surface area contributed by atoms with Crippen LogP contribution in [0.15, 0.2) is 24.5 Å². The van der Waals surface area contributed by atoms with E-state index in [4.69, 9.17) is 0 Å². The number of aromatic nitrogens is 2. The van der Waals surface area contributed by atoms with Crippen molar-refractivity contribution in [3.8, 4) is 0 Å². The minimum Gasteiger partial charge on any atom is -0.357 e. The van der Waals surface area contributed by atoms with Crippen LogP contribution in [0.5, 0.6) is 0 Å². The Morgan fingerprint density at radius 2 is 1.74 bits per heavy atom. The highest BCUT2D eigenvalue weighted by Crippen LogP contribution is 2.38. The summed E-state index contributed by atoms with van der Waals surface area (Å²) in [5.41, 5.74) is 4.12. The molecule has 27 heavy (non-hydrogen) atoms. The van der Waals surface area contributed by atoms with Gasteiger partial charge in [-0.1, -0.05) is 0 Å². The Morgan fingerprint density at radius 1 is 1.07 bits per heavy atom. The van der Waals surface area contributed by atoms with Crippen molar-refractivity contribution in [1.82, 2.24) is 18.9 Å². The summed E-state index contributed by atoms with van der Waals surface area (Å²) in [6.07, 6.45) is 6.79. The van der Waals surface area contributed by atoms with Crippen molar-refractivity contribution in [1.29, 1.82) is 0 Å². The molecule has 144 valence electrons. The van der Waals surface area contributed by atoms with Crippen LogP contribution in [0.1, 0.15) is 46.2 Å². The van der Waals surface area contributed by atoms with E-state index < -0.39 is 0 Å². The summed E-state index contributed by atoms with van der Waals surface area (Å²) in [7, 11) is 1.96. The second kappa shape index (κ2) is 6.91. The van der Waals surface area contributed by atoms with E-state index in [0.717, 1.165) is 16.8 Å². The third-order valence-electron chi connectivity index (χ3n) is 5.79. The van der Waals surface area contributed by atoms with Crippen LogP contribution in [0.2, 0.25) is 0 Å². The lowest BCUT2D eigenvalue weighted by Crippen LogP contribution is -2.51. The number of amides is 2. The average molecular weight is 368 g/mol. The number of piperazine rings is 1. The van der Waals surface area contributed by atoms with Crippen LogP contribution in [0.25, 0.3) is 0 Å². The first-order valence-corrected chi connectivity index (χ1v) is 9.80. The Bertz CT molecular complexity index is 867. The maximum Gasteiger partial charge on any atom is 0.255 e. The van der Waals surface area contributed by atoms with Gasteiger partial charge in [-0.3, -0.25) is 9.59 Å². The first-order chi connectivity index (χ1) is 12.9. The predicted molar refractivity (Wildman–Crippen MR) is 104 cm³/mol. The summed E-state index contributed by atoms with van der Waals surface area (Å²) >= 11 is 0. The highest BCUT2D eigenvalue weighted by Gasteiger charge is 2.31. The molecule has 6 nitrogen and oxygen atoms in total. The number of hydrogen-bond donors (Lipinski definition) is 0. The zero-order valence-electron chi connectivity index (χ0n) is 16.4. The lowest BCUT2D eigenvalue weighted by Gasteiger charge is -2.35. The molecule has 1 saturated heterocycles. The third kappa shape index (κ3) is 3.53. The van der Waals surface area contributed by atoms with Gasteiger partial charge in [0.05, 0.1) is 12.0 Å². The van der Waals surface area contributed by atoms with Crippen molar-refractivity contribution in [2.24, 2.45) is 7.05 Å². The zero-order chi connectivity index (χ0) is 19.1. The van der Waals surface area contributed by atoms with Crippen LogP contribution in [-0.2, 0) is 18.3 Å². The van der Waals surface area contributed by atoms with E-state index in [0.29, 0.717) is 38.6 Å². The first kappa shape index (κ1) is 17.9. The lowest BCUT2D eigenvalue weighted by molar-refractivity contribution is -0.131. The first-order valence-electron chi connectivity index (χ1n) is 9.80. The molecule has 0 bridgehead atoms. The second-order valence-electron chi connectivity index (χ2n) is 7.92. The Labute approximate surface area is 160 Å². The molecular formula is C21H28N4O2. The number of rotatable bonds is 4. The number of hydrogen-bond acceptors (Lipinski definition) is 2. The Balaban J connectivity index is 1.37. The van der Waals surface area contributed by atoms with Gasteiger partial charge in [-0.15, -0.1) is 0 Å². The molecule has 2 fully saturated rings. The van der Waals surface area contributed by atoms with Gasteiger partial charge in [0, 0.05) is 63.1 Å². The second-order valence-corrected chi connectivity index (χ2v) is 7.92. The van der Waals surface area contributed by atoms with E-state index in [9.17, 15) is 9.59 Å². The Kier molecular flexibility index (Phi) is 4.58. The van der Waals surface area contributed by atoms with Gasteiger partial charge < -0.3 is 18.9 Å². The Hall–Kier alpha value is -2.50. The summed E-state index contributed by atoms with van der Waals surface area (Å²) in [6.45, 7) is 6.57. The predicted octanol–water partition coefficient (Wildman–Crippen LogP) is 2.31. The van der Waals surface area contributed by atoms with Crippen molar-refractivity contribution in [2.75, 3.05) is 26.2 Å². The quantitative estimate of drug-likeness (QED) is 0.832. The fourth-order valence-electron chi connectivity index (χ4n) is 4.17. The van der Waals surface area contributed by atoms with Gasteiger partial charge in [0.1, 0.15) is 0 Å². The molecule has 6 heteroatoms. The molecule has 1 saturated carbocycles. The number of carbonyl (C=O) groups excluding carboxylic acids is 2. The molecule has 0 aromatic carbocycles. The van der Waals surface area contributed by atoms with Crippen LogP contribution in [0.3, 0.4) is 0 Å². The van der Waals surface area contributed by atoms with Crippen LogP contribution in [0.4, 0.5) is 0 Å². The maximum absolute atomic E-state index is 13.0. The molecule has 4 rings (SSSR count). The van der Waals surface area contributed by atoms with E-state index in [1.807, 2.05) is 45.9 Å². The maximum atomic E-state index is 13.0. The summed E-state index contributed by atoms with van der Waals surface area (Å²) in [6, 6.07) is 4.59. The molecule has 0 N–H and O–H groups in total. The van der Waals surface area contributed by atoms with E-state index in [1.54, 1.807) is 0 Å². The number of nitrogens with zero attached hydrogens (tertiary/aromatic N) is 4. The molecule has 1 aliphatic carbocycles. The minimum atomic E-state index is 0.102. The minimum absolute atomic E-state index is 0.102. The highest BCUT2D eigenvalue weighted by molar-refractivity contribution is 5.96. The molecule has 2 aromatic rings. The molecular weight excluding hydrogens is 340 g/mol. The fraction of sp³-hybridized carbons (Fsp3) is 0.524. The highest BCUT2D eigenvalue weighted by atomic mass is 16.2. The van der Waals surface area contributed by atoms with E-state index in [1.165, 1.54) is 18.5 Å². The van der Waals surface area contributed by atoms with Crippen LogP contribution >= 0.6 is 0 Å². The number of aryl methyl sites for hydroxylation is 2. The zero-order valence-corrected chi connectivity index (χ0v) is 16.4. The normalized spacial score (nSPS) is 17.4. The van der Waals surface area contributed by atoms with Gasteiger partial charge in [0.15, 0.2) is 0 Å². The van der Waals surface area contributed by atoms with Gasteiger partial charge >= 0.3 is 0 Å². The molecule has 2 aliphatic rings. The lowest BCUT2D eigenvalue weighted by atomic mass is 10.1. The van der Waals surface area contributed by atoms with Crippen molar-refractivity contribution >= 4 is 11.8 Å². The fourth-order valence-corrected chi connectivity index (χ4v) is 4.17. The van der Waals surface area contributed by atoms with Crippen molar-refractivity contribution in [2.45, 2.75) is 39.2 Å². The SMILES string of the molecule is Cc1cc(C(=O)N2CCN(C(=O)Cc3ccn(C)c3)CC2)c(C)n1C1CC1. The van der Waals surface area contributed by atoms with E-state index in [-0.39, 0.29) is 11.8 Å². The molecule has 0 unspecified atom stereocenters. The van der Waals surface area contributed by atoms with Crippen molar-refractivity contribution in [3.05, 3.63) is 47.0 Å². The third-order valence-corrected chi connectivity index (χ3v) is 5.79. The van der Waals surface area contributed by atoms with Gasteiger partial charge in [-0.05, 0) is 44.4 Å². The van der Waals surface area contributed by atoms with Crippen LogP contribution < -0.4 is 0 Å². The van der Waals surface area contributed by atoms with E-state index in [2.05, 4.69) is 18.4 Å². The molecule has 2 amide bonds. The van der Waals surface area contributed by atoms with Gasteiger partial charge in [-0.2, -0.15) is 0 Å².